The van der Waals surface area contributed by atoms with E-state index in [1.807, 2.05) is 12.1 Å². The molecule has 0 spiro atoms. The largest absolute Gasteiger partial charge is 0.497 e. The number of nitrogens with one attached hydrogen (secondary N) is 2. The molecule has 0 aliphatic carbocycles. The summed E-state index contributed by atoms with van der Waals surface area (Å²) in [6, 6.07) is 12.0. The number of anilines is 2. The van der Waals surface area contributed by atoms with Crippen LogP contribution in [0.3, 0.4) is 0 Å². The Morgan fingerprint density at radius 3 is 2.68 bits per heavy atom. The molecule has 0 bridgehead atoms. The molecule has 1 fully saturated rings. The molecule has 2 heterocycles. The zero-order valence-electron chi connectivity index (χ0n) is 17.1. The monoisotopic (exact) mass is 440 g/mol. The van der Waals surface area contributed by atoms with Crippen molar-refractivity contribution < 1.29 is 17.9 Å². The summed E-state index contributed by atoms with van der Waals surface area (Å²) in [5.74, 6) is -0.0235. The molecule has 4 rings (SSSR count). The van der Waals surface area contributed by atoms with Gasteiger partial charge in [0.1, 0.15) is 5.75 Å². The van der Waals surface area contributed by atoms with Crippen molar-refractivity contribution in [2.24, 2.45) is 5.73 Å². The first kappa shape index (κ1) is 21.1. The van der Waals surface area contributed by atoms with Gasteiger partial charge in [0.15, 0.2) is 9.84 Å². The van der Waals surface area contributed by atoms with Gasteiger partial charge in [0.25, 0.3) is 5.91 Å². The van der Waals surface area contributed by atoms with E-state index in [9.17, 15) is 13.2 Å². The predicted octanol–water partition coefficient (Wildman–Crippen LogP) is 2.61. The third kappa shape index (κ3) is 4.19. The van der Waals surface area contributed by atoms with Crippen LogP contribution in [0.15, 0.2) is 53.6 Å². The maximum Gasteiger partial charge on any atom is 0.252 e. The molecule has 1 aliphatic rings. The van der Waals surface area contributed by atoms with E-state index in [1.54, 1.807) is 37.4 Å². The quantitative estimate of drug-likeness (QED) is 0.538. The molecule has 1 aromatic heterocycles. The molecule has 1 amide bonds. The van der Waals surface area contributed by atoms with Crippen molar-refractivity contribution in [3.05, 3.63) is 54.2 Å². The van der Waals surface area contributed by atoms with Gasteiger partial charge in [0.2, 0.25) is 0 Å². The van der Waals surface area contributed by atoms with Gasteiger partial charge in [-0.15, -0.1) is 0 Å². The van der Waals surface area contributed by atoms with Crippen LogP contribution in [0.5, 0.6) is 5.75 Å². The first-order valence-electron chi connectivity index (χ1n) is 9.98. The predicted molar refractivity (Wildman–Crippen MR) is 120 cm³/mol. The van der Waals surface area contributed by atoms with Crippen molar-refractivity contribution in [2.45, 2.75) is 23.0 Å². The van der Waals surface area contributed by atoms with E-state index < -0.39 is 21.0 Å². The number of rotatable bonds is 6. The number of hydrogen-bond donors (Lipinski definition) is 3. The van der Waals surface area contributed by atoms with E-state index in [2.05, 4.69) is 15.6 Å². The minimum absolute atomic E-state index is 0.173. The Morgan fingerprint density at radius 1 is 1.19 bits per heavy atom. The number of nitrogens with zero attached hydrogens (tertiary/aromatic N) is 1. The van der Waals surface area contributed by atoms with Gasteiger partial charge in [-0.2, -0.15) is 0 Å². The summed E-state index contributed by atoms with van der Waals surface area (Å²) in [5, 5.41) is 6.46. The van der Waals surface area contributed by atoms with E-state index >= 15 is 0 Å². The number of fused-ring (bicyclic) bond motifs is 1. The van der Waals surface area contributed by atoms with Crippen molar-refractivity contribution in [3.63, 3.8) is 0 Å². The van der Waals surface area contributed by atoms with Crippen molar-refractivity contribution >= 4 is 38.0 Å². The molecule has 0 saturated carbocycles. The van der Waals surface area contributed by atoms with Crippen LogP contribution in [-0.2, 0) is 9.84 Å². The number of aromatic nitrogens is 1. The Bertz CT molecular complexity index is 1240. The average Bonchev–Trinajstić information content (AvgIpc) is 2.79. The van der Waals surface area contributed by atoms with Gasteiger partial charge in [0.05, 0.1) is 34.0 Å². The topological polar surface area (TPSA) is 123 Å². The summed E-state index contributed by atoms with van der Waals surface area (Å²) in [4.78, 5) is 16.6. The number of carbonyl (C=O) groups excluding carboxylic acids is 1. The summed E-state index contributed by atoms with van der Waals surface area (Å²) >= 11 is 0. The Hall–Kier alpha value is -3.17. The van der Waals surface area contributed by atoms with E-state index in [0.29, 0.717) is 54.0 Å². The lowest BCUT2D eigenvalue weighted by Gasteiger charge is -2.23. The van der Waals surface area contributed by atoms with E-state index in [4.69, 9.17) is 10.5 Å². The fourth-order valence-corrected chi connectivity index (χ4v) is 5.59. The minimum Gasteiger partial charge on any atom is -0.497 e. The van der Waals surface area contributed by atoms with Crippen molar-refractivity contribution in [3.8, 4) is 5.75 Å². The first-order valence-corrected chi connectivity index (χ1v) is 11.5. The highest BCUT2D eigenvalue weighted by Crippen LogP contribution is 2.33. The molecule has 2 aromatic carbocycles. The molecule has 1 saturated heterocycles. The van der Waals surface area contributed by atoms with E-state index in [1.165, 1.54) is 6.20 Å². The smallest absolute Gasteiger partial charge is 0.252 e. The van der Waals surface area contributed by atoms with Crippen LogP contribution in [0.25, 0.3) is 10.9 Å². The third-order valence-electron chi connectivity index (χ3n) is 5.50. The Labute approximate surface area is 180 Å². The van der Waals surface area contributed by atoms with Gasteiger partial charge in [0, 0.05) is 23.3 Å². The standard InChI is InChI=1S/C22H24N4O4S/c1-30-15-4-2-3-14(11-15)26-21-18-12-17(31(28,29)16-7-9-24-10-8-16)5-6-20(18)25-13-19(21)22(23)27/h2-6,11-13,16,24H,7-10H2,1H3,(H2,23,27)(H,25,26). The van der Waals surface area contributed by atoms with Crippen LogP contribution in [0.1, 0.15) is 23.2 Å². The SMILES string of the molecule is COc1cccc(Nc2c(C(N)=O)cnc3ccc(S(=O)(=O)C4CCNCC4)cc23)c1. The molecule has 31 heavy (non-hydrogen) atoms. The van der Waals surface area contributed by atoms with Gasteiger partial charge in [-0.3, -0.25) is 9.78 Å². The molecule has 8 nitrogen and oxygen atoms in total. The molecule has 4 N–H and O–H groups in total. The van der Waals surface area contributed by atoms with E-state index in [-0.39, 0.29) is 10.5 Å². The molecule has 0 atom stereocenters. The van der Waals surface area contributed by atoms with Gasteiger partial charge in [-0.05, 0) is 56.3 Å². The number of methoxy groups -OCH3 is 1. The number of piperidine rings is 1. The number of benzene rings is 2. The fraction of sp³-hybridized carbons (Fsp3) is 0.273. The van der Waals surface area contributed by atoms with Crippen LogP contribution in [-0.4, -0.2) is 44.8 Å². The van der Waals surface area contributed by atoms with Gasteiger partial charge in [-0.1, -0.05) is 6.07 Å². The maximum atomic E-state index is 13.2. The second-order valence-corrected chi connectivity index (χ2v) is 9.67. The molecular formula is C22H24N4O4S. The molecule has 9 heteroatoms. The summed E-state index contributed by atoms with van der Waals surface area (Å²) in [6.45, 7) is 1.35. The number of carbonyl (C=O) groups is 1. The summed E-state index contributed by atoms with van der Waals surface area (Å²) in [7, 11) is -1.96. The zero-order valence-corrected chi connectivity index (χ0v) is 17.9. The first-order chi connectivity index (χ1) is 14.9. The Morgan fingerprint density at radius 2 is 1.97 bits per heavy atom. The lowest BCUT2D eigenvalue weighted by molar-refractivity contribution is 0.100. The molecule has 162 valence electrons. The summed E-state index contributed by atoms with van der Waals surface area (Å²) < 4.78 is 31.7. The second-order valence-electron chi connectivity index (χ2n) is 7.44. The van der Waals surface area contributed by atoms with Crippen LogP contribution in [0, 0.1) is 0 Å². The normalized spacial score (nSPS) is 15.0. The Balaban J connectivity index is 1.85. The highest BCUT2D eigenvalue weighted by atomic mass is 32.2. The number of amides is 1. The fourth-order valence-electron chi connectivity index (χ4n) is 3.81. The lowest BCUT2D eigenvalue weighted by Crippen LogP contribution is -2.35. The number of nitrogens with two attached hydrogens (primary N) is 1. The molecular weight excluding hydrogens is 416 g/mol. The van der Waals surface area contributed by atoms with Crippen molar-refractivity contribution in [1.29, 1.82) is 0 Å². The van der Waals surface area contributed by atoms with Crippen molar-refractivity contribution in [1.82, 2.24) is 10.3 Å². The summed E-state index contributed by atoms with van der Waals surface area (Å²) in [6.07, 6.45) is 2.53. The summed E-state index contributed by atoms with van der Waals surface area (Å²) in [5.41, 5.74) is 7.39. The lowest BCUT2D eigenvalue weighted by atomic mass is 10.1. The van der Waals surface area contributed by atoms with Crippen molar-refractivity contribution in [2.75, 3.05) is 25.5 Å². The number of primary amides is 1. The highest BCUT2D eigenvalue weighted by Gasteiger charge is 2.29. The molecule has 0 unspecified atom stereocenters. The number of pyridine rings is 1. The van der Waals surface area contributed by atoms with Gasteiger partial charge in [-0.25, -0.2) is 8.42 Å². The molecule has 0 radical (unpaired) electrons. The van der Waals surface area contributed by atoms with Crippen LogP contribution >= 0.6 is 0 Å². The van der Waals surface area contributed by atoms with Crippen LogP contribution in [0.2, 0.25) is 0 Å². The number of hydrogen-bond acceptors (Lipinski definition) is 7. The maximum absolute atomic E-state index is 13.2. The second kappa shape index (κ2) is 8.52. The van der Waals surface area contributed by atoms with Gasteiger partial charge < -0.3 is 21.1 Å². The highest BCUT2D eigenvalue weighted by molar-refractivity contribution is 7.92. The zero-order chi connectivity index (χ0) is 22.0. The third-order valence-corrected chi connectivity index (χ3v) is 7.76. The Kier molecular flexibility index (Phi) is 5.79. The molecule has 3 aromatic rings. The molecule has 1 aliphatic heterocycles. The number of ether oxygens (including phenoxy) is 1. The average molecular weight is 441 g/mol. The number of sulfone groups is 1. The van der Waals surface area contributed by atoms with Crippen LogP contribution < -0.4 is 21.1 Å². The minimum atomic E-state index is -3.52. The van der Waals surface area contributed by atoms with E-state index in [0.717, 1.165) is 0 Å². The van der Waals surface area contributed by atoms with Gasteiger partial charge >= 0.3 is 0 Å². The van der Waals surface area contributed by atoms with Crippen LogP contribution in [0.4, 0.5) is 11.4 Å².